The van der Waals surface area contributed by atoms with E-state index in [0.29, 0.717) is 28.8 Å². The average Bonchev–Trinajstić information content (AvgIpc) is 3.33. The summed E-state index contributed by atoms with van der Waals surface area (Å²) in [7, 11) is 0. The molecule has 26 heavy (non-hydrogen) atoms. The Bertz CT molecular complexity index is 964. The van der Waals surface area contributed by atoms with Gasteiger partial charge >= 0.3 is 5.97 Å². The Hall–Kier alpha value is -2.31. The molecule has 0 unspecified atom stereocenters. The topological polar surface area (TPSA) is 64.4 Å². The Morgan fingerprint density at radius 1 is 1.38 bits per heavy atom. The minimum Gasteiger partial charge on any atom is -0.431 e. The van der Waals surface area contributed by atoms with Crippen LogP contribution >= 0.6 is 22.9 Å². The van der Waals surface area contributed by atoms with Crippen LogP contribution in [0.2, 0.25) is 4.34 Å². The zero-order valence-electron chi connectivity index (χ0n) is 14.2. The summed E-state index contributed by atoms with van der Waals surface area (Å²) in [4.78, 5) is 17.2. The van der Waals surface area contributed by atoms with Crippen LogP contribution in [-0.2, 0) is 11.2 Å². The Kier molecular flexibility index (Phi) is 4.70. The van der Waals surface area contributed by atoms with Crippen molar-refractivity contribution in [3.63, 3.8) is 0 Å². The summed E-state index contributed by atoms with van der Waals surface area (Å²) in [6.45, 7) is 2.86. The molecule has 0 saturated heterocycles. The van der Waals surface area contributed by atoms with Crippen molar-refractivity contribution in [3.8, 4) is 28.0 Å². The van der Waals surface area contributed by atoms with E-state index < -0.39 is 0 Å². The Labute approximate surface area is 160 Å². The van der Waals surface area contributed by atoms with Gasteiger partial charge in [-0.3, -0.25) is 4.79 Å². The third-order valence-corrected chi connectivity index (χ3v) is 5.35. The number of nitrogens with zero attached hydrogens (tertiary/aromatic N) is 1. The van der Waals surface area contributed by atoms with Crippen molar-refractivity contribution in [2.75, 3.05) is 11.9 Å². The van der Waals surface area contributed by atoms with Crippen LogP contribution < -0.4 is 10.1 Å². The lowest BCUT2D eigenvalue weighted by molar-refractivity contribution is -0.134. The van der Waals surface area contributed by atoms with Gasteiger partial charge in [0.15, 0.2) is 0 Å². The molecule has 1 aromatic carbocycles. The first-order valence-corrected chi connectivity index (χ1v) is 9.68. The van der Waals surface area contributed by atoms with Crippen molar-refractivity contribution in [2.24, 2.45) is 0 Å². The molecule has 0 bridgehead atoms. The van der Waals surface area contributed by atoms with Crippen LogP contribution in [0.15, 0.2) is 34.7 Å². The van der Waals surface area contributed by atoms with E-state index in [4.69, 9.17) is 20.8 Å². The molecule has 5 nitrogen and oxygen atoms in total. The monoisotopic (exact) mass is 388 g/mol. The Morgan fingerprint density at radius 2 is 2.27 bits per heavy atom. The van der Waals surface area contributed by atoms with Gasteiger partial charge in [0.1, 0.15) is 0 Å². The number of halogens is 1. The van der Waals surface area contributed by atoms with E-state index in [0.717, 1.165) is 29.1 Å². The van der Waals surface area contributed by atoms with E-state index in [2.05, 4.69) is 16.4 Å². The number of rotatable bonds is 5. The lowest BCUT2D eigenvalue weighted by Crippen LogP contribution is -2.07. The van der Waals surface area contributed by atoms with Crippen molar-refractivity contribution in [1.29, 1.82) is 0 Å². The molecule has 0 spiro atoms. The number of aromatic nitrogens is 1. The highest BCUT2D eigenvalue weighted by molar-refractivity contribution is 7.19. The number of oxazole rings is 1. The Morgan fingerprint density at radius 3 is 3.04 bits per heavy atom. The van der Waals surface area contributed by atoms with E-state index >= 15 is 0 Å². The second kappa shape index (κ2) is 7.13. The predicted molar refractivity (Wildman–Crippen MR) is 103 cm³/mol. The molecule has 0 aliphatic carbocycles. The number of anilines is 1. The van der Waals surface area contributed by atoms with E-state index in [1.807, 2.05) is 25.1 Å². The van der Waals surface area contributed by atoms with Gasteiger partial charge in [-0.1, -0.05) is 18.5 Å². The summed E-state index contributed by atoms with van der Waals surface area (Å²) >= 11 is 7.40. The smallest absolute Gasteiger partial charge is 0.312 e. The fourth-order valence-corrected chi connectivity index (χ4v) is 3.91. The highest BCUT2D eigenvalue weighted by Crippen LogP contribution is 2.40. The summed E-state index contributed by atoms with van der Waals surface area (Å²) in [5, 5.41) is 3.33. The molecule has 0 atom stereocenters. The van der Waals surface area contributed by atoms with E-state index in [9.17, 15) is 4.79 Å². The summed E-state index contributed by atoms with van der Waals surface area (Å²) in [5.41, 5.74) is 3.22. The van der Waals surface area contributed by atoms with Crippen LogP contribution in [0.5, 0.6) is 5.88 Å². The first-order valence-electron chi connectivity index (χ1n) is 8.48. The molecule has 0 amide bonds. The van der Waals surface area contributed by atoms with E-state index in [1.165, 1.54) is 16.9 Å². The molecular weight excluding hydrogens is 372 g/mol. The minimum absolute atomic E-state index is 0.190. The predicted octanol–water partition coefficient (Wildman–Crippen LogP) is 5.40. The van der Waals surface area contributed by atoms with Gasteiger partial charge in [0, 0.05) is 24.2 Å². The molecule has 1 N–H and O–H groups in total. The zero-order chi connectivity index (χ0) is 18.1. The quantitative estimate of drug-likeness (QED) is 0.593. The maximum atomic E-state index is 12.0. The van der Waals surface area contributed by atoms with Crippen LogP contribution in [0.1, 0.15) is 25.3 Å². The molecule has 4 rings (SSSR count). The molecule has 3 heterocycles. The van der Waals surface area contributed by atoms with Crippen LogP contribution in [0, 0.1) is 0 Å². The number of esters is 1. The number of benzene rings is 1. The summed E-state index contributed by atoms with van der Waals surface area (Å²) in [6.07, 6.45) is 2.01. The van der Waals surface area contributed by atoms with Crippen molar-refractivity contribution < 1.29 is 13.9 Å². The van der Waals surface area contributed by atoms with Crippen LogP contribution in [0.4, 0.5) is 5.69 Å². The number of nitrogens with one attached hydrogen (secondary N) is 1. The number of fused-ring (bicyclic) bond motifs is 1. The second-order valence-electron chi connectivity index (χ2n) is 6.03. The maximum absolute atomic E-state index is 12.0. The SMILES string of the molecule is CCCC(=O)Oc1nc(-c2ccc3c(c2)CCN3)oc1-c1ccc(Cl)s1. The van der Waals surface area contributed by atoms with Gasteiger partial charge < -0.3 is 14.5 Å². The standard InChI is InChI=1S/C19H17ClN2O3S/c1-2-3-16(23)24-19-17(14-6-7-15(20)26-14)25-18(22-19)12-4-5-13-11(10-12)8-9-21-13/h4-7,10,21H,2-3,8-9H2,1H3. The highest BCUT2D eigenvalue weighted by atomic mass is 35.5. The van der Waals surface area contributed by atoms with Gasteiger partial charge in [0.25, 0.3) is 5.88 Å². The number of hydrogen-bond acceptors (Lipinski definition) is 6. The molecule has 2 aromatic heterocycles. The van der Waals surface area contributed by atoms with Crippen LogP contribution in [0.3, 0.4) is 0 Å². The van der Waals surface area contributed by atoms with Crippen molar-refractivity contribution in [3.05, 3.63) is 40.2 Å². The first-order chi connectivity index (χ1) is 12.6. The molecule has 3 aromatic rings. The molecule has 134 valence electrons. The number of carbonyl (C=O) groups excluding carboxylic acids is 1. The van der Waals surface area contributed by atoms with E-state index in [1.54, 1.807) is 6.07 Å². The molecule has 0 saturated carbocycles. The molecule has 1 aliphatic heterocycles. The third kappa shape index (κ3) is 3.34. The average molecular weight is 389 g/mol. The van der Waals surface area contributed by atoms with Crippen LogP contribution in [-0.4, -0.2) is 17.5 Å². The molecule has 0 radical (unpaired) electrons. The second-order valence-corrected chi connectivity index (χ2v) is 7.74. The summed E-state index contributed by atoms with van der Waals surface area (Å²) < 4.78 is 12.1. The fraction of sp³-hybridized carbons (Fsp3) is 0.263. The number of thiophene rings is 1. The zero-order valence-corrected chi connectivity index (χ0v) is 15.7. The van der Waals surface area contributed by atoms with Gasteiger partial charge in [0.05, 0.1) is 9.21 Å². The number of carbonyl (C=O) groups is 1. The normalized spacial score (nSPS) is 12.7. The number of ether oxygens (including phenoxy) is 1. The van der Waals surface area contributed by atoms with Crippen molar-refractivity contribution in [2.45, 2.75) is 26.2 Å². The number of hydrogen-bond donors (Lipinski definition) is 1. The molecule has 1 aliphatic rings. The van der Waals surface area contributed by atoms with E-state index in [-0.39, 0.29) is 11.8 Å². The van der Waals surface area contributed by atoms with Gasteiger partial charge in [-0.15, -0.1) is 11.3 Å². The summed E-state index contributed by atoms with van der Waals surface area (Å²) in [5.74, 6) is 0.725. The lowest BCUT2D eigenvalue weighted by Gasteiger charge is -2.01. The molecular formula is C19H17ClN2O3S. The maximum Gasteiger partial charge on any atom is 0.312 e. The van der Waals surface area contributed by atoms with Gasteiger partial charge in [-0.05, 0) is 48.7 Å². The largest absolute Gasteiger partial charge is 0.431 e. The van der Waals surface area contributed by atoms with Gasteiger partial charge in [-0.25, -0.2) is 0 Å². The lowest BCUT2D eigenvalue weighted by atomic mass is 10.1. The Balaban J connectivity index is 1.74. The fourth-order valence-electron chi connectivity index (χ4n) is 2.89. The third-order valence-electron chi connectivity index (χ3n) is 4.12. The van der Waals surface area contributed by atoms with Gasteiger partial charge in [0.2, 0.25) is 11.7 Å². The summed E-state index contributed by atoms with van der Waals surface area (Å²) in [6, 6.07) is 9.64. The van der Waals surface area contributed by atoms with Crippen molar-refractivity contribution in [1.82, 2.24) is 4.98 Å². The van der Waals surface area contributed by atoms with Crippen LogP contribution in [0.25, 0.3) is 22.1 Å². The first kappa shape index (κ1) is 17.1. The van der Waals surface area contributed by atoms with Crippen molar-refractivity contribution >= 4 is 34.6 Å². The molecule has 7 heteroatoms. The minimum atomic E-state index is -0.325. The molecule has 0 fully saturated rings. The van der Waals surface area contributed by atoms with Gasteiger partial charge in [-0.2, -0.15) is 4.98 Å². The highest BCUT2D eigenvalue weighted by Gasteiger charge is 2.22.